The summed E-state index contributed by atoms with van der Waals surface area (Å²) in [5.41, 5.74) is 4.81. The van der Waals surface area contributed by atoms with E-state index in [1.165, 1.54) is 11.1 Å². The van der Waals surface area contributed by atoms with Crippen LogP contribution in [0.2, 0.25) is 0 Å². The first-order valence-electron chi connectivity index (χ1n) is 5.09. The molecule has 0 amide bonds. The number of phenolic OH excluding ortho intramolecular Hbond substituents is 1. The van der Waals surface area contributed by atoms with E-state index in [4.69, 9.17) is 0 Å². The molecular weight excluding hydrogens is 174 g/mol. The summed E-state index contributed by atoms with van der Waals surface area (Å²) in [6, 6.07) is 2.12. The molecule has 0 spiro atoms. The van der Waals surface area contributed by atoms with Gasteiger partial charge < -0.3 is 10.0 Å². The van der Waals surface area contributed by atoms with E-state index in [0.717, 1.165) is 30.6 Å². The monoisotopic (exact) mass is 191 g/mol. The lowest BCUT2D eigenvalue weighted by Crippen LogP contribution is -2.27. The molecule has 1 aliphatic rings. The Morgan fingerprint density at radius 1 is 1.36 bits per heavy atom. The quantitative estimate of drug-likeness (QED) is 0.678. The van der Waals surface area contributed by atoms with E-state index in [1.54, 1.807) is 0 Å². The van der Waals surface area contributed by atoms with Crippen LogP contribution in [0.4, 0.5) is 0 Å². The normalized spacial score (nSPS) is 16.8. The minimum absolute atomic E-state index is 0.480. The van der Waals surface area contributed by atoms with Crippen LogP contribution in [-0.2, 0) is 13.0 Å². The molecule has 1 aromatic rings. The van der Waals surface area contributed by atoms with Gasteiger partial charge in [0.2, 0.25) is 0 Å². The van der Waals surface area contributed by atoms with Crippen LogP contribution in [0.15, 0.2) is 6.07 Å². The average molecular weight is 191 g/mol. The molecule has 2 heteroatoms. The molecule has 14 heavy (non-hydrogen) atoms. The van der Waals surface area contributed by atoms with Gasteiger partial charge in [-0.3, -0.25) is 0 Å². The molecule has 0 aromatic heterocycles. The van der Waals surface area contributed by atoms with E-state index >= 15 is 0 Å². The molecule has 0 saturated heterocycles. The number of fused-ring (bicyclic) bond motifs is 1. The first-order chi connectivity index (χ1) is 6.59. The lowest BCUT2D eigenvalue weighted by molar-refractivity contribution is 0.311. The molecule has 1 N–H and O–H groups in total. The molecule has 0 aliphatic carbocycles. The standard InChI is InChI=1S/C12H17NO/c1-8-6-10-7-13(3)5-4-11(10)9(2)12(8)14/h6,14H,4-5,7H2,1-3H3. The Morgan fingerprint density at radius 2 is 2.07 bits per heavy atom. The van der Waals surface area contributed by atoms with E-state index in [9.17, 15) is 5.11 Å². The van der Waals surface area contributed by atoms with Crippen LogP contribution in [0.5, 0.6) is 5.75 Å². The summed E-state index contributed by atoms with van der Waals surface area (Å²) in [6.45, 7) is 6.09. The second-order valence-corrected chi connectivity index (χ2v) is 4.29. The smallest absolute Gasteiger partial charge is 0.121 e. The number of likely N-dealkylation sites (N-methyl/N-ethyl adjacent to an activating group) is 1. The Hall–Kier alpha value is -1.02. The maximum atomic E-state index is 9.81. The fourth-order valence-electron chi connectivity index (χ4n) is 2.26. The Morgan fingerprint density at radius 3 is 2.79 bits per heavy atom. The van der Waals surface area contributed by atoms with Gasteiger partial charge in [0.1, 0.15) is 5.75 Å². The number of benzene rings is 1. The highest BCUT2D eigenvalue weighted by Gasteiger charge is 2.17. The molecule has 76 valence electrons. The molecule has 0 saturated carbocycles. The number of phenols is 1. The molecule has 1 aromatic carbocycles. The lowest BCUT2D eigenvalue weighted by atomic mass is 9.92. The van der Waals surface area contributed by atoms with Crippen LogP contribution in [0.25, 0.3) is 0 Å². The third kappa shape index (κ3) is 1.40. The van der Waals surface area contributed by atoms with Gasteiger partial charge in [-0.1, -0.05) is 6.07 Å². The number of hydrogen-bond donors (Lipinski definition) is 1. The van der Waals surface area contributed by atoms with Crippen LogP contribution in [-0.4, -0.2) is 23.6 Å². The van der Waals surface area contributed by atoms with Crippen molar-refractivity contribution >= 4 is 0 Å². The van der Waals surface area contributed by atoms with E-state index in [0.29, 0.717) is 5.75 Å². The van der Waals surface area contributed by atoms with Gasteiger partial charge in [0, 0.05) is 13.1 Å². The van der Waals surface area contributed by atoms with Crippen molar-refractivity contribution in [3.05, 3.63) is 28.3 Å². The van der Waals surface area contributed by atoms with Crippen molar-refractivity contribution in [2.75, 3.05) is 13.6 Å². The van der Waals surface area contributed by atoms with Crippen molar-refractivity contribution in [2.45, 2.75) is 26.8 Å². The zero-order valence-electron chi connectivity index (χ0n) is 9.09. The molecule has 1 aliphatic heterocycles. The highest BCUT2D eigenvalue weighted by molar-refractivity contribution is 5.49. The van der Waals surface area contributed by atoms with Gasteiger partial charge in [0.25, 0.3) is 0 Å². The van der Waals surface area contributed by atoms with Gasteiger partial charge in [-0.05, 0) is 49.6 Å². The predicted molar refractivity (Wildman–Crippen MR) is 57.6 cm³/mol. The van der Waals surface area contributed by atoms with Gasteiger partial charge in [0.05, 0.1) is 0 Å². The summed E-state index contributed by atoms with van der Waals surface area (Å²) >= 11 is 0. The van der Waals surface area contributed by atoms with E-state index in [-0.39, 0.29) is 0 Å². The summed E-state index contributed by atoms with van der Waals surface area (Å²) in [4.78, 5) is 2.32. The summed E-state index contributed by atoms with van der Waals surface area (Å²) in [7, 11) is 2.14. The molecule has 0 fully saturated rings. The average Bonchev–Trinajstić information content (AvgIpc) is 2.14. The highest BCUT2D eigenvalue weighted by Crippen LogP contribution is 2.30. The van der Waals surface area contributed by atoms with Crippen molar-refractivity contribution in [3.63, 3.8) is 0 Å². The van der Waals surface area contributed by atoms with Crippen LogP contribution in [0, 0.1) is 13.8 Å². The summed E-state index contributed by atoms with van der Waals surface area (Å²) in [5.74, 6) is 0.480. The minimum atomic E-state index is 0.480. The number of nitrogens with zero attached hydrogens (tertiary/aromatic N) is 1. The Kier molecular flexibility index (Phi) is 2.23. The summed E-state index contributed by atoms with van der Waals surface area (Å²) < 4.78 is 0. The van der Waals surface area contributed by atoms with E-state index < -0.39 is 0 Å². The highest BCUT2D eigenvalue weighted by atomic mass is 16.3. The van der Waals surface area contributed by atoms with Crippen LogP contribution >= 0.6 is 0 Å². The number of aromatic hydroxyl groups is 1. The van der Waals surface area contributed by atoms with Crippen LogP contribution in [0.1, 0.15) is 22.3 Å². The van der Waals surface area contributed by atoms with Crippen molar-refractivity contribution in [2.24, 2.45) is 0 Å². The third-order valence-electron chi connectivity index (χ3n) is 3.14. The molecule has 0 bridgehead atoms. The number of aryl methyl sites for hydroxylation is 1. The van der Waals surface area contributed by atoms with Gasteiger partial charge >= 0.3 is 0 Å². The minimum Gasteiger partial charge on any atom is -0.507 e. The fraction of sp³-hybridized carbons (Fsp3) is 0.500. The Bertz CT molecular complexity index is 371. The second kappa shape index (κ2) is 3.28. The summed E-state index contributed by atoms with van der Waals surface area (Å²) in [6.07, 6.45) is 1.06. The Labute approximate surface area is 85.2 Å². The van der Waals surface area contributed by atoms with Crippen LogP contribution in [0.3, 0.4) is 0 Å². The number of rotatable bonds is 0. The third-order valence-corrected chi connectivity index (χ3v) is 3.14. The predicted octanol–water partition coefficient (Wildman–Crippen LogP) is 2.00. The molecule has 0 unspecified atom stereocenters. The molecule has 2 rings (SSSR count). The van der Waals surface area contributed by atoms with Crippen molar-refractivity contribution < 1.29 is 5.11 Å². The van der Waals surface area contributed by atoms with Gasteiger partial charge in [-0.25, -0.2) is 0 Å². The second-order valence-electron chi connectivity index (χ2n) is 4.29. The van der Waals surface area contributed by atoms with Gasteiger partial charge in [0.15, 0.2) is 0 Å². The topological polar surface area (TPSA) is 23.5 Å². The number of hydrogen-bond acceptors (Lipinski definition) is 2. The molecule has 2 nitrogen and oxygen atoms in total. The zero-order valence-corrected chi connectivity index (χ0v) is 9.09. The summed E-state index contributed by atoms with van der Waals surface area (Å²) in [5, 5.41) is 9.81. The van der Waals surface area contributed by atoms with Crippen LogP contribution < -0.4 is 0 Å². The first-order valence-corrected chi connectivity index (χ1v) is 5.09. The fourth-order valence-corrected chi connectivity index (χ4v) is 2.26. The molecular formula is C12H17NO. The maximum Gasteiger partial charge on any atom is 0.121 e. The van der Waals surface area contributed by atoms with Crippen molar-refractivity contribution in [1.82, 2.24) is 4.90 Å². The van der Waals surface area contributed by atoms with Gasteiger partial charge in [-0.15, -0.1) is 0 Å². The van der Waals surface area contributed by atoms with Gasteiger partial charge in [-0.2, -0.15) is 0 Å². The lowest BCUT2D eigenvalue weighted by Gasteiger charge is -2.27. The SMILES string of the molecule is Cc1cc2c(c(C)c1O)CCN(C)C2. The molecule has 0 atom stereocenters. The Balaban J connectivity index is 2.54. The first kappa shape index (κ1) is 9.53. The van der Waals surface area contributed by atoms with Crippen molar-refractivity contribution in [1.29, 1.82) is 0 Å². The maximum absolute atomic E-state index is 9.81. The van der Waals surface area contributed by atoms with E-state index in [2.05, 4.69) is 18.0 Å². The molecule has 0 radical (unpaired) electrons. The molecule has 1 heterocycles. The largest absolute Gasteiger partial charge is 0.507 e. The van der Waals surface area contributed by atoms with Crippen molar-refractivity contribution in [3.8, 4) is 5.75 Å². The zero-order chi connectivity index (χ0) is 10.3. The van der Waals surface area contributed by atoms with E-state index in [1.807, 2.05) is 13.8 Å².